The monoisotopic (exact) mass is 473 g/mol. The van der Waals surface area contributed by atoms with Gasteiger partial charge in [0.1, 0.15) is 11.4 Å². The van der Waals surface area contributed by atoms with Crippen LogP contribution in [0.25, 0.3) is 17.0 Å². The minimum absolute atomic E-state index is 0.00131. The summed E-state index contributed by atoms with van der Waals surface area (Å²) in [6.07, 6.45) is 4.40. The zero-order valence-corrected chi connectivity index (χ0v) is 19.6. The number of amides is 1. The van der Waals surface area contributed by atoms with Crippen LogP contribution in [0.15, 0.2) is 18.3 Å². The van der Waals surface area contributed by atoms with E-state index in [2.05, 4.69) is 25.7 Å². The molecule has 0 aromatic carbocycles. The van der Waals surface area contributed by atoms with E-state index in [1.807, 2.05) is 13.8 Å². The van der Waals surface area contributed by atoms with E-state index in [1.54, 1.807) is 11.0 Å². The molecule has 0 radical (unpaired) electrons. The molecule has 3 aromatic rings. The quantitative estimate of drug-likeness (QED) is 0.586. The number of halogens is 2. The summed E-state index contributed by atoms with van der Waals surface area (Å²) in [5.74, 6) is -0.943. The number of imidazole rings is 1. The number of ether oxygens (including phenoxy) is 1. The van der Waals surface area contributed by atoms with E-state index in [0.717, 1.165) is 31.9 Å². The second-order valence-electron chi connectivity index (χ2n) is 7.94. The van der Waals surface area contributed by atoms with Crippen LogP contribution in [0.1, 0.15) is 39.5 Å². The zero-order chi connectivity index (χ0) is 24.2. The van der Waals surface area contributed by atoms with Crippen LogP contribution in [0.5, 0.6) is 5.75 Å². The van der Waals surface area contributed by atoms with E-state index in [4.69, 9.17) is 4.74 Å². The molecule has 0 spiro atoms. The number of pyridine rings is 1. The molecule has 1 amide bonds. The van der Waals surface area contributed by atoms with E-state index in [1.165, 1.54) is 17.8 Å². The first-order valence-corrected chi connectivity index (χ1v) is 11.6. The molecule has 3 aromatic heterocycles. The Morgan fingerprint density at radius 2 is 2.03 bits per heavy atom. The van der Waals surface area contributed by atoms with Crippen molar-refractivity contribution in [3.05, 3.63) is 30.0 Å². The van der Waals surface area contributed by atoms with E-state index in [-0.39, 0.29) is 29.2 Å². The van der Waals surface area contributed by atoms with Gasteiger partial charge in [0, 0.05) is 37.7 Å². The van der Waals surface area contributed by atoms with Gasteiger partial charge in [0.25, 0.3) is 0 Å². The van der Waals surface area contributed by atoms with Gasteiger partial charge in [-0.2, -0.15) is 0 Å². The predicted octanol–water partition coefficient (Wildman–Crippen LogP) is 3.40. The number of hydrogen-bond donors (Lipinski definition) is 2. The van der Waals surface area contributed by atoms with Crippen LogP contribution >= 0.6 is 0 Å². The second kappa shape index (κ2) is 10.3. The number of piperidine rings is 1. The fourth-order valence-corrected chi connectivity index (χ4v) is 4.18. The summed E-state index contributed by atoms with van der Waals surface area (Å²) in [6.45, 7) is 6.12. The van der Waals surface area contributed by atoms with Gasteiger partial charge in [0.15, 0.2) is 34.7 Å². The zero-order valence-electron chi connectivity index (χ0n) is 19.6. The van der Waals surface area contributed by atoms with E-state index in [9.17, 15) is 13.6 Å². The average Bonchev–Trinajstić information content (AvgIpc) is 3.47. The molecule has 2 N–H and O–H groups in total. The van der Waals surface area contributed by atoms with E-state index >= 15 is 0 Å². The van der Waals surface area contributed by atoms with Crippen molar-refractivity contribution in [1.29, 1.82) is 0 Å². The lowest BCUT2D eigenvalue weighted by atomic mass is 10.1. The summed E-state index contributed by atoms with van der Waals surface area (Å²) in [6, 6.07) is 2.45. The Morgan fingerprint density at radius 1 is 1.21 bits per heavy atom. The number of anilines is 2. The first-order valence-electron chi connectivity index (χ1n) is 11.6. The maximum absolute atomic E-state index is 14.8. The molecule has 5 heterocycles. The number of nitrogens with zero attached hydrogens (tertiary/aromatic N) is 5. The number of nitrogens with one attached hydrogen (secondary N) is 2. The molecule has 9 nitrogen and oxygen atoms in total. The van der Waals surface area contributed by atoms with Gasteiger partial charge < -0.3 is 15.4 Å². The van der Waals surface area contributed by atoms with Crippen LogP contribution in [-0.4, -0.2) is 58.3 Å². The van der Waals surface area contributed by atoms with Crippen molar-refractivity contribution >= 4 is 23.2 Å². The standard InChI is InChI=1S/C21H23F2N7O2.C2H6/c1-32-16-9-17-25-11-15(30(17)28-21(16)29-7-3-5-18(29)31)19-13(22)8-14(23)20(27-19)26-12-4-2-6-24-10-12;1-2/h8-9,11-12,24H,2-7,10H2,1H3,(H,26,27);1-2H3. The molecule has 0 aliphatic carbocycles. The van der Waals surface area contributed by atoms with Crippen LogP contribution in [-0.2, 0) is 4.79 Å². The third-order valence-electron chi connectivity index (χ3n) is 5.80. The number of methoxy groups -OCH3 is 1. The van der Waals surface area contributed by atoms with E-state index in [0.29, 0.717) is 36.7 Å². The third kappa shape index (κ3) is 4.52. The molecular formula is C23H29F2N7O2. The molecule has 182 valence electrons. The fourth-order valence-electron chi connectivity index (χ4n) is 4.18. The Kier molecular flexibility index (Phi) is 7.20. The highest BCUT2D eigenvalue weighted by Gasteiger charge is 2.28. The lowest BCUT2D eigenvalue weighted by Gasteiger charge is -2.24. The summed E-state index contributed by atoms with van der Waals surface area (Å²) < 4.78 is 36.1. The first kappa shape index (κ1) is 23.8. The Balaban J connectivity index is 0.00000133. The molecule has 2 saturated heterocycles. The first-order chi connectivity index (χ1) is 16.5. The minimum atomic E-state index is -0.826. The number of rotatable bonds is 5. The Bertz CT molecular complexity index is 1180. The average molecular weight is 474 g/mol. The highest BCUT2D eigenvalue weighted by molar-refractivity contribution is 5.95. The van der Waals surface area contributed by atoms with Gasteiger partial charge in [0.2, 0.25) is 5.91 Å². The smallest absolute Gasteiger partial charge is 0.228 e. The van der Waals surface area contributed by atoms with Crippen molar-refractivity contribution in [3.8, 4) is 17.1 Å². The summed E-state index contributed by atoms with van der Waals surface area (Å²) in [4.78, 5) is 22.3. The Morgan fingerprint density at radius 3 is 2.71 bits per heavy atom. The minimum Gasteiger partial charge on any atom is -0.493 e. The SMILES string of the molecule is CC.COc1cc2ncc(-c3nc(NC4CCCNC4)c(F)cc3F)n2nc1N1CCCC1=O. The Labute approximate surface area is 196 Å². The van der Waals surface area contributed by atoms with Crippen LogP contribution in [0, 0.1) is 11.6 Å². The topological polar surface area (TPSA) is 96.7 Å². The van der Waals surface area contributed by atoms with Crippen molar-refractivity contribution in [1.82, 2.24) is 24.9 Å². The van der Waals surface area contributed by atoms with Gasteiger partial charge in [-0.3, -0.25) is 9.69 Å². The molecule has 5 rings (SSSR count). The lowest BCUT2D eigenvalue weighted by molar-refractivity contribution is -0.117. The number of aromatic nitrogens is 4. The summed E-state index contributed by atoms with van der Waals surface area (Å²) in [7, 11) is 1.49. The van der Waals surface area contributed by atoms with Gasteiger partial charge in [-0.15, -0.1) is 5.10 Å². The van der Waals surface area contributed by atoms with Crippen LogP contribution in [0.3, 0.4) is 0 Å². The van der Waals surface area contributed by atoms with Gasteiger partial charge in [-0.1, -0.05) is 13.8 Å². The summed E-state index contributed by atoms with van der Waals surface area (Å²) >= 11 is 0. The maximum Gasteiger partial charge on any atom is 0.228 e. The van der Waals surface area contributed by atoms with Crippen molar-refractivity contribution < 1.29 is 18.3 Å². The largest absolute Gasteiger partial charge is 0.493 e. The van der Waals surface area contributed by atoms with Crippen LogP contribution < -0.4 is 20.3 Å². The summed E-state index contributed by atoms with van der Waals surface area (Å²) in [5, 5.41) is 10.8. The maximum atomic E-state index is 14.8. The number of hydrogen-bond acceptors (Lipinski definition) is 7. The number of fused-ring (bicyclic) bond motifs is 1. The van der Waals surface area contributed by atoms with Gasteiger partial charge in [-0.25, -0.2) is 23.3 Å². The number of carbonyl (C=O) groups is 1. The van der Waals surface area contributed by atoms with Crippen molar-refractivity contribution in [2.24, 2.45) is 0 Å². The van der Waals surface area contributed by atoms with Gasteiger partial charge >= 0.3 is 0 Å². The molecular weight excluding hydrogens is 444 g/mol. The number of carbonyl (C=O) groups excluding carboxylic acids is 1. The van der Waals surface area contributed by atoms with Gasteiger partial charge in [0.05, 0.1) is 13.3 Å². The van der Waals surface area contributed by atoms with Crippen molar-refractivity contribution in [2.75, 3.05) is 37.0 Å². The highest BCUT2D eigenvalue weighted by atomic mass is 19.1. The normalized spacial score (nSPS) is 18.1. The molecule has 0 saturated carbocycles. The summed E-state index contributed by atoms with van der Waals surface area (Å²) in [5.41, 5.74) is 0.558. The molecule has 1 atom stereocenters. The highest BCUT2D eigenvalue weighted by Crippen LogP contribution is 2.32. The van der Waals surface area contributed by atoms with Crippen LogP contribution in [0.2, 0.25) is 0 Å². The molecule has 11 heteroatoms. The second-order valence-corrected chi connectivity index (χ2v) is 7.94. The van der Waals surface area contributed by atoms with Crippen molar-refractivity contribution in [3.63, 3.8) is 0 Å². The molecule has 2 fully saturated rings. The van der Waals surface area contributed by atoms with Crippen molar-refractivity contribution in [2.45, 2.75) is 45.6 Å². The van der Waals surface area contributed by atoms with Gasteiger partial charge in [-0.05, 0) is 25.8 Å². The third-order valence-corrected chi connectivity index (χ3v) is 5.80. The van der Waals surface area contributed by atoms with Crippen LogP contribution in [0.4, 0.5) is 20.4 Å². The fraction of sp³-hybridized carbons (Fsp3) is 0.478. The predicted molar refractivity (Wildman–Crippen MR) is 125 cm³/mol. The molecule has 0 bridgehead atoms. The Hall–Kier alpha value is -3.34. The lowest BCUT2D eigenvalue weighted by Crippen LogP contribution is -2.38. The van der Waals surface area contributed by atoms with E-state index < -0.39 is 11.6 Å². The molecule has 1 unspecified atom stereocenters. The molecule has 2 aliphatic heterocycles. The molecule has 34 heavy (non-hydrogen) atoms. The molecule has 2 aliphatic rings.